The maximum Gasteiger partial charge on any atom is 0.322 e. The van der Waals surface area contributed by atoms with Gasteiger partial charge >= 0.3 is 5.97 Å². The molecule has 1 aromatic heterocycles. The van der Waals surface area contributed by atoms with Gasteiger partial charge in [-0.1, -0.05) is 13.3 Å². The van der Waals surface area contributed by atoms with E-state index in [9.17, 15) is 4.79 Å². The Morgan fingerprint density at radius 3 is 3.07 bits per heavy atom. The molecule has 1 aromatic rings. The van der Waals surface area contributed by atoms with E-state index in [0.29, 0.717) is 0 Å². The van der Waals surface area contributed by atoms with Crippen molar-refractivity contribution in [2.75, 3.05) is 0 Å². The van der Waals surface area contributed by atoms with Crippen LogP contribution in [0.3, 0.4) is 0 Å². The van der Waals surface area contributed by atoms with Crippen molar-refractivity contribution in [1.29, 1.82) is 0 Å². The van der Waals surface area contributed by atoms with E-state index in [1.165, 1.54) is 0 Å². The van der Waals surface area contributed by atoms with Crippen molar-refractivity contribution in [2.24, 2.45) is 5.73 Å². The molecule has 5 nitrogen and oxygen atoms in total. The Bertz CT molecular complexity index is 309. The first-order chi connectivity index (χ1) is 6.63. The van der Waals surface area contributed by atoms with Gasteiger partial charge in [0, 0.05) is 6.20 Å². The molecule has 14 heavy (non-hydrogen) atoms. The zero-order valence-corrected chi connectivity index (χ0v) is 8.18. The highest BCUT2D eigenvalue weighted by atomic mass is 16.4. The normalized spacial score (nSPS) is 12.7. The first-order valence-electron chi connectivity index (χ1n) is 4.63. The molecule has 0 amide bonds. The van der Waals surface area contributed by atoms with Gasteiger partial charge in [0.2, 0.25) is 0 Å². The second kappa shape index (κ2) is 4.76. The van der Waals surface area contributed by atoms with Gasteiger partial charge in [-0.05, 0) is 12.0 Å². The second-order valence-corrected chi connectivity index (χ2v) is 3.27. The summed E-state index contributed by atoms with van der Waals surface area (Å²) in [7, 11) is 0. The molecule has 0 spiro atoms. The van der Waals surface area contributed by atoms with Crippen molar-refractivity contribution in [3.05, 3.63) is 18.0 Å². The van der Waals surface area contributed by atoms with Gasteiger partial charge in [0.1, 0.15) is 6.04 Å². The lowest BCUT2D eigenvalue weighted by atomic mass is 10.2. The number of aliphatic carboxylic acids is 1. The Labute approximate surface area is 82.5 Å². The molecule has 0 aromatic carbocycles. The number of carboxylic acid groups (broad SMARTS) is 1. The van der Waals surface area contributed by atoms with Gasteiger partial charge in [0.05, 0.1) is 12.7 Å². The first-order valence-corrected chi connectivity index (χ1v) is 4.63. The van der Waals surface area contributed by atoms with Crippen molar-refractivity contribution in [2.45, 2.75) is 32.4 Å². The third kappa shape index (κ3) is 2.85. The average molecular weight is 197 g/mol. The van der Waals surface area contributed by atoms with Gasteiger partial charge in [0.15, 0.2) is 0 Å². The SMILES string of the molecule is CCCc1cnn(CC(N)C(=O)O)c1. The number of aromatic nitrogens is 2. The molecule has 0 aliphatic rings. The lowest BCUT2D eigenvalue weighted by Crippen LogP contribution is -2.34. The molecule has 0 saturated heterocycles. The number of hydrogen-bond acceptors (Lipinski definition) is 3. The number of rotatable bonds is 5. The molecule has 0 radical (unpaired) electrons. The van der Waals surface area contributed by atoms with Crippen LogP contribution in [0.25, 0.3) is 0 Å². The van der Waals surface area contributed by atoms with E-state index in [2.05, 4.69) is 12.0 Å². The topological polar surface area (TPSA) is 81.1 Å². The zero-order chi connectivity index (χ0) is 10.6. The predicted octanol–water partition coefficient (Wildman–Crippen LogP) is 0.247. The number of nitrogens with two attached hydrogens (primary N) is 1. The molecule has 0 saturated carbocycles. The lowest BCUT2D eigenvalue weighted by molar-refractivity contribution is -0.138. The van der Waals surface area contributed by atoms with Crippen LogP contribution in [-0.4, -0.2) is 26.9 Å². The first kappa shape index (κ1) is 10.7. The molecular formula is C9H15N3O2. The van der Waals surface area contributed by atoms with Gasteiger partial charge in [-0.25, -0.2) is 0 Å². The highest BCUT2D eigenvalue weighted by Gasteiger charge is 2.12. The van der Waals surface area contributed by atoms with Crippen LogP contribution >= 0.6 is 0 Å². The number of nitrogens with zero attached hydrogens (tertiary/aromatic N) is 2. The molecule has 78 valence electrons. The van der Waals surface area contributed by atoms with Crippen molar-refractivity contribution in [3.8, 4) is 0 Å². The second-order valence-electron chi connectivity index (χ2n) is 3.27. The van der Waals surface area contributed by atoms with Crippen LogP contribution in [0.2, 0.25) is 0 Å². The van der Waals surface area contributed by atoms with E-state index >= 15 is 0 Å². The Balaban J connectivity index is 2.55. The van der Waals surface area contributed by atoms with Crippen LogP contribution in [0.1, 0.15) is 18.9 Å². The lowest BCUT2D eigenvalue weighted by Gasteiger charge is -2.05. The maximum atomic E-state index is 10.5. The molecule has 1 unspecified atom stereocenters. The number of carboxylic acids is 1. The molecule has 0 aliphatic heterocycles. The maximum absolute atomic E-state index is 10.5. The molecule has 3 N–H and O–H groups in total. The summed E-state index contributed by atoms with van der Waals surface area (Å²) in [5.74, 6) is -1.00. The third-order valence-corrected chi connectivity index (χ3v) is 1.93. The Hall–Kier alpha value is -1.36. The third-order valence-electron chi connectivity index (χ3n) is 1.93. The van der Waals surface area contributed by atoms with Crippen LogP contribution < -0.4 is 5.73 Å². The monoisotopic (exact) mass is 197 g/mol. The van der Waals surface area contributed by atoms with Crippen LogP contribution in [0.5, 0.6) is 0 Å². The molecule has 5 heteroatoms. The van der Waals surface area contributed by atoms with E-state index in [-0.39, 0.29) is 6.54 Å². The van der Waals surface area contributed by atoms with E-state index in [1.54, 1.807) is 10.9 Å². The average Bonchev–Trinajstić information content (AvgIpc) is 2.53. The highest BCUT2D eigenvalue weighted by molar-refractivity contribution is 5.72. The van der Waals surface area contributed by atoms with Crippen molar-refractivity contribution < 1.29 is 9.90 Å². The molecular weight excluding hydrogens is 182 g/mol. The van der Waals surface area contributed by atoms with Gasteiger partial charge in [-0.2, -0.15) is 5.10 Å². The van der Waals surface area contributed by atoms with Crippen LogP contribution in [0.4, 0.5) is 0 Å². The van der Waals surface area contributed by atoms with E-state index in [1.807, 2.05) is 6.20 Å². The smallest absolute Gasteiger partial charge is 0.322 e. The van der Waals surface area contributed by atoms with Gasteiger partial charge in [-0.3, -0.25) is 9.48 Å². The van der Waals surface area contributed by atoms with Gasteiger partial charge in [-0.15, -0.1) is 0 Å². The summed E-state index contributed by atoms with van der Waals surface area (Å²) in [6, 6.07) is -0.885. The fraction of sp³-hybridized carbons (Fsp3) is 0.556. The zero-order valence-electron chi connectivity index (χ0n) is 8.18. The van der Waals surface area contributed by atoms with Crippen molar-refractivity contribution in [3.63, 3.8) is 0 Å². The number of carbonyl (C=O) groups is 1. The number of aryl methyl sites for hydroxylation is 1. The fourth-order valence-corrected chi connectivity index (χ4v) is 1.20. The fourth-order valence-electron chi connectivity index (χ4n) is 1.20. The largest absolute Gasteiger partial charge is 0.480 e. The summed E-state index contributed by atoms with van der Waals surface area (Å²) in [5.41, 5.74) is 6.49. The number of hydrogen-bond donors (Lipinski definition) is 2. The van der Waals surface area contributed by atoms with Gasteiger partial charge in [0.25, 0.3) is 0 Å². The van der Waals surface area contributed by atoms with Crippen LogP contribution in [-0.2, 0) is 17.8 Å². The summed E-state index contributed by atoms with van der Waals surface area (Å²) in [6.45, 7) is 2.30. The summed E-state index contributed by atoms with van der Waals surface area (Å²) < 4.78 is 1.57. The Morgan fingerprint density at radius 1 is 1.79 bits per heavy atom. The Kier molecular flexibility index (Phi) is 3.64. The van der Waals surface area contributed by atoms with E-state index in [0.717, 1.165) is 18.4 Å². The molecule has 1 atom stereocenters. The Morgan fingerprint density at radius 2 is 2.50 bits per heavy atom. The molecule has 0 fully saturated rings. The minimum absolute atomic E-state index is 0.221. The quantitative estimate of drug-likeness (QED) is 0.708. The molecule has 1 heterocycles. The standard InChI is InChI=1S/C9H15N3O2/c1-2-3-7-4-11-12(5-7)6-8(10)9(13)14/h4-5,8H,2-3,6,10H2,1H3,(H,13,14). The minimum atomic E-state index is -1.00. The summed E-state index contributed by atoms with van der Waals surface area (Å²) >= 11 is 0. The highest BCUT2D eigenvalue weighted by Crippen LogP contribution is 2.01. The minimum Gasteiger partial charge on any atom is -0.480 e. The predicted molar refractivity (Wildman–Crippen MR) is 51.8 cm³/mol. The van der Waals surface area contributed by atoms with Crippen LogP contribution in [0.15, 0.2) is 12.4 Å². The summed E-state index contributed by atoms with van der Waals surface area (Å²) in [4.78, 5) is 10.5. The van der Waals surface area contributed by atoms with E-state index in [4.69, 9.17) is 10.8 Å². The van der Waals surface area contributed by atoms with Crippen molar-refractivity contribution >= 4 is 5.97 Å². The molecule has 0 aliphatic carbocycles. The van der Waals surface area contributed by atoms with E-state index < -0.39 is 12.0 Å². The van der Waals surface area contributed by atoms with Crippen LogP contribution in [0, 0.1) is 0 Å². The molecule has 1 rings (SSSR count). The van der Waals surface area contributed by atoms with Crippen molar-refractivity contribution in [1.82, 2.24) is 9.78 Å². The van der Waals surface area contributed by atoms with Gasteiger partial charge < -0.3 is 10.8 Å². The summed E-state index contributed by atoms with van der Waals surface area (Å²) in [6.07, 6.45) is 5.60. The molecule has 0 bridgehead atoms. The summed E-state index contributed by atoms with van der Waals surface area (Å²) in [5, 5.41) is 12.6.